The second-order valence-electron chi connectivity index (χ2n) is 7.99. The van der Waals surface area contributed by atoms with Crippen LogP contribution in [0.2, 0.25) is 0 Å². The molecule has 0 bridgehead atoms. The zero-order valence-corrected chi connectivity index (χ0v) is 18.7. The van der Waals surface area contributed by atoms with Crippen molar-refractivity contribution >= 4 is 35.1 Å². The molecule has 0 spiro atoms. The highest BCUT2D eigenvalue weighted by molar-refractivity contribution is 5.99. The van der Waals surface area contributed by atoms with Crippen LogP contribution in [-0.4, -0.2) is 48.3 Å². The van der Waals surface area contributed by atoms with Gasteiger partial charge in [0.05, 0.1) is 5.92 Å². The van der Waals surface area contributed by atoms with Crippen molar-refractivity contribution in [3.8, 4) is 0 Å². The van der Waals surface area contributed by atoms with Crippen LogP contribution in [-0.2, 0) is 14.3 Å². The quantitative estimate of drug-likeness (QED) is 0.465. The van der Waals surface area contributed by atoms with E-state index < -0.39 is 11.9 Å². The molecule has 3 rings (SSSR count). The molecule has 174 valence electrons. The zero-order valence-electron chi connectivity index (χ0n) is 18.7. The number of amides is 3. The Balaban J connectivity index is 1.47. The number of benzene rings is 2. The number of hydrogen-bond acceptors (Lipinski definition) is 5. The number of likely N-dealkylation sites (tertiary alicyclic amines) is 1. The van der Waals surface area contributed by atoms with E-state index in [2.05, 4.69) is 10.6 Å². The van der Waals surface area contributed by atoms with Crippen molar-refractivity contribution in [2.75, 3.05) is 30.3 Å². The second-order valence-corrected chi connectivity index (χ2v) is 7.99. The lowest BCUT2D eigenvalue weighted by molar-refractivity contribution is -0.148. The number of esters is 1. The molecule has 1 aliphatic heterocycles. The average Bonchev–Trinajstić information content (AvgIpc) is 2.83. The number of urea groups is 1. The maximum Gasteiger partial charge on any atom is 0.321 e. The van der Waals surface area contributed by atoms with Crippen LogP contribution in [0.3, 0.4) is 0 Å². The number of piperidine rings is 1. The molecule has 2 N–H and O–H groups in total. The van der Waals surface area contributed by atoms with E-state index in [1.54, 1.807) is 41.3 Å². The fourth-order valence-electron chi connectivity index (χ4n) is 3.61. The summed E-state index contributed by atoms with van der Waals surface area (Å²) >= 11 is 0. The molecule has 1 heterocycles. The van der Waals surface area contributed by atoms with E-state index in [-0.39, 0.29) is 30.9 Å². The van der Waals surface area contributed by atoms with Gasteiger partial charge in [0.25, 0.3) is 0 Å². The number of nitrogens with one attached hydrogen (secondary N) is 2. The van der Waals surface area contributed by atoms with Crippen LogP contribution in [0.1, 0.15) is 43.0 Å². The van der Waals surface area contributed by atoms with E-state index in [0.717, 1.165) is 6.42 Å². The number of ketones is 1. The highest BCUT2D eigenvalue weighted by Gasteiger charge is 2.30. The smallest absolute Gasteiger partial charge is 0.321 e. The van der Waals surface area contributed by atoms with E-state index >= 15 is 0 Å². The number of nitrogens with zero attached hydrogens (tertiary/aromatic N) is 1. The molecule has 0 saturated carbocycles. The number of hydrogen-bond donors (Lipinski definition) is 2. The summed E-state index contributed by atoms with van der Waals surface area (Å²) in [6.07, 6.45) is 2.47. The van der Waals surface area contributed by atoms with Gasteiger partial charge in [0, 0.05) is 36.4 Å². The van der Waals surface area contributed by atoms with Crippen molar-refractivity contribution in [3.63, 3.8) is 0 Å². The van der Waals surface area contributed by atoms with Gasteiger partial charge in [-0.25, -0.2) is 4.79 Å². The third-order valence-electron chi connectivity index (χ3n) is 5.38. The maximum atomic E-state index is 12.5. The minimum absolute atomic E-state index is 0.0792. The van der Waals surface area contributed by atoms with Crippen LogP contribution in [0, 0.1) is 5.92 Å². The van der Waals surface area contributed by atoms with Crippen molar-refractivity contribution in [3.05, 3.63) is 60.2 Å². The first-order valence-corrected chi connectivity index (χ1v) is 11.2. The van der Waals surface area contributed by atoms with E-state index in [1.165, 1.54) is 0 Å². The molecule has 8 heteroatoms. The Morgan fingerprint density at radius 3 is 2.36 bits per heavy atom. The van der Waals surface area contributed by atoms with Gasteiger partial charge >= 0.3 is 12.0 Å². The van der Waals surface area contributed by atoms with Crippen LogP contribution in [0.4, 0.5) is 16.2 Å². The van der Waals surface area contributed by atoms with Gasteiger partial charge < -0.3 is 20.3 Å². The number of rotatable bonds is 8. The van der Waals surface area contributed by atoms with Crippen molar-refractivity contribution in [1.82, 2.24) is 4.90 Å². The Hall–Kier alpha value is -3.68. The van der Waals surface area contributed by atoms with Gasteiger partial charge in [-0.2, -0.15) is 0 Å². The average molecular weight is 452 g/mol. The first kappa shape index (κ1) is 24.0. The van der Waals surface area contributed by atoms with Crippen LogP contribution in [0.25, 0.3) is 0 Å². The van der Waals surface area contributed by atoms with Crippen molar-refractivity contribution in [2.45, 2.75) is 32.6 Å². The van der Waals surface area contributed by atoms with Crippen molar-refractivity contribution in [2.24, 2.45) is 5.92 Å². The van der Waals surface area contributed by atoms with Crippen LogP contribution >= 0.6 is 0 Å². The van der Waals surface area contributed by atoms with Gasteiger partial charge in [-0.3, -0.25) is 14.4 Å². The molecule has 1 aliphatic rings. The Kier molecular flexibility index (Phi) is 8.57. The lowest BCUT2D eigenvalue weighted by atomic mass is 9.98. The predicted molar refractivity (Wildman–Crippen MR) is 125 cm³/mol. The Morgan fingerprint density at radius 1 is 0.970 bits per heavy atom. The number of ether oxygens (including phenoxy) is 1. The molecule has 0 radical (unpaired) electrons. The predicted octanol–water partition coefficient (Wildman–Crippen LogP) is 4.10. The number of carbonyl (C=O) groups is 4. The topological polar surface area (TPSA) is 105 Å². The minimum Gasteiger partial charge on any atom is -0.457 e. The van der Waals surface area contributed by atoms with Crippen LogP contribution in [0.15, 0.2) is 54.6 Å². The number of anilines is 2. The Labute approximate surface area is 193 Å². The lowest BCUT2D eigenvalue weighted by Crippen LogP contribution is -2.44. The molecule has 1 unspecified atom stereocenters. The van der Waals surface area contributed by atoms with E-state index in [0.29, 0.717) is 42.7 Å². The Morgan fingerprint density at radius 2 is 1.67 bits per heavy atom. The summed E-state index contributed by atoms with van der Waals surface area (Å²) in [4.78, 5) is 50.7. The largest absolute Gasteiger partial charge is 0.457 e. The summed E-state index contributed by atoms with van der Waals surface area (Å²) in [6, 6.07) is 15.3. The first-order chi connectivity index (χ1) is 16.0. The third-order valence-corrected chi connectivity index (χ3v) is 5.38. The monoisotopic (exact) mass is 451 g/mol. The van der Waals surface area contributed by atoms with Gasteiger partial charge in [0.1, 0.15) is 0 Å². The molecular formula is C25H29N3O5. The first-order valence-electron chi connectivity index (χ1n) is 11.2. The molecule has 8 nitrogen and oxygen atoms in total. The molecule has 0 aromatic heterocycles. The standard InChI is InChI=1S/C25H29N3O5/c1-2-7-23(30)26-21-13-11-18(12-14-21)22(29)17-33-24(31)19-8-6-15-28(16-19)25(32)27-20-9-4-3-5-10-20/h3-5,9-14,19H,2,6-8,15-17H2,1H3,(H,26,30)(H,27,32). The van der Waals surface area contributed by atoms with Gasteiger partial charge in [-0.15, -0.1) is 0 Å². The molecule has 1 fully saturated rings. The minimum atomic E-state index is -0.482. The summed E-state index contributed by atoms with van der Waals surface area (Å²) < 4.78 is 5.25. The van der Waals surface area contributed by atoms with Crippen molar-refractivity contribution in [1.29, 1.82) is 0 Å². The molecule has 1 saturated heterocycles. The summed E-state index contributed by atoms with van der Waals surface area (Å²) in [5.74, 6) is -1.36. The van der Waals surface area contributed by atoms with E-state index in [1.807, 2.05) is 25.1 Å². The molecule has 1 atom stereocenters. The summed E-state index contributed by atoms with van der Waals surface area (Å²) in [5.41, 5.74) is 1.69. The fourth-order valence-corrected chi connectivity index (χ4v) is 3.61. The van der Waals surface area contributed by atoms with Gasteiger partial charge in [0.2, 0.25) is 5.91 Å². The molecule has 2 aromatic rings. The van der Waals surface area contributed by atoms with Crippen LogP contribution < -0.4 is 10.6 Å². The third kappa shape index (κ3) is 7.17. The highest BCUT2D eigenvalue weighted by atomic mass is 16.5. The summed E-state index contributed by atoms with van der Waals surface area (Å²) in [5, 5.41) is 5.58. The maximum absolute atomic E-state index is 12.5. The zero-order chi connectivity index (χ0) is 23.6. The van der Waals surface area contributed by atoms with Gasteiger partial charge in [-0.05, 0) is 55.7 Å². The molecule has 33 heavy (non-hydrogen) atoms. The Bertz CT molecular complexity index is 975. The second kappa shape index (κ2) is 11.8. The van der Waals surface area contributed by atoms with Gasteiger partial charge in [-0.1, -0.05) is 25.1 Å². The molecular weight excluding hydrogens is 422 g/mol. The van der Waals surface area contributed by atoms with Gasteiger partial charge in [0.15, 0.2) is 12.4 Å². The van der Waals surface area contributed by atoms with Crippen LogP contribution in [0.5, 0.6) is 0 Å². The van der Waals surface area contributed by atoms with E-state index in [9.17, 15) is 19.2 Å². The summed E-state index contributed by atoms with van der Waals surface area (Å²) in [6.45, 7) is 2.36. The molecule has 2 aromatic carbocycles. The number of Topliss-reactive ketones (excluding diaryl/α,β-unsaturated/α-hetero) is 1. The van der Waals surface area contributed by atoms with Crippen molar-refractivity contribution < 1.29 is 23.9 Å². The summed E-state index contributed by atoms with van der Waals surface area (Å²) in [7, 11) is 0. The highest BCUT2D eigenvalue weighted by Crippen LogP contribution is 2.19. The normalized spacial score (nSPS) is 15.4. The van der Waals surface area contributed by atoms with E-state index in [4.69, 9.17) is 4.74 Å². The molecule has 0 aliphatic carbocycles. The number of carbonyl (C=O) groups excluding carboxylic acids is 4. The molecule has 3 amide bonds. The fraction of sp³-hybridized carbons (Fsp3) is 0.360. The number of para-hydroxylation sites is 1. The lowest BCUT2D eigenvalue weighted by Gasteiger charge is -2.31. The SMILES string of the molecule is CCCC(=O)Nc1ccc(C(=O)COC(=O)C2CCCN(C(=O)Nc3ccccc3)C2)cc1.